The van der Waals surface area contributed by atoms with E-state index in [-0.39, 0.29) is 17.0 Å². The van der Waals surface area contributed by atoms with Gasteiger partial charge in [-0.1, -0.05) is 30.1 Å². The average molecular weight is 374 g/mol. The van der Waals surface area contributed by atoms with Gasteiger partial charge in [0.1, 0.15) is 4.90 Å². The molecular formula is C14H13Cl2N3O3S. The molecule has 6 nitrogen and oxygen atoms in total. The van der Waals surface area contributed by atoms with Crippen LogP contribution in [-0.2, 0) is 14.8 Å². The van der Waals surface area contributed by atoms with Gasteiger partial charge in [0.2, 0.25) is 5.91 Å². The van der Waals surface area contributed by atoms with E-state index in [9.17, 15) is 13.2 Å². The van der Waals surface area contributed by atoms with E-state index in [1.807, 2.05) is 4.72 Å². The second kappa shape index (κ2) is 7.16. The molecule has 0 unspecified atom stereocenters. The standard InChI is InChI=1S/C14H13Cl2N3O3S/c1-2-14(20)19-23(21,22)13-8-17-6-5-12(13)18-11-4-3-9(15)7-10(11)16/h3-8H,2H2,1H3,(H,17,18)(H,19,20). The lowest BCUT2D eigenvalue weighted by atomic mass is 10.3. The van der Waals surface area contributed by atoms with Crippen molar-refractivity contribution in [3.63, 3.8) is 0 Å². The van der Waals surface area contributed by atoms with E-state index in [1.165, 1.54) is 18.3 Å². The molecule has 0 fully saturated rings. The molecule has 0 aliphatic rings. The first-order valence-electron chi connectivity index (χ1n) is 6.55. The van der Waals surface area contributed by atoms with E-state index in [1.54, 1.807) is 19.1 Å². The fraction of sp³-hybridized carbons (Fsp3) is 0.143. The summed E-state index contributed by atoms with van der Waals surface area (Å²) in [5.41, 5.74) is 0.709. The van der Waals surface area contributed by atoms with Crippen molar-refractivity contribution in [2.45, 2.75) is 18.2 Å². The Hall–Kier alpha value is -1.83. The second-order valence-corrected chi connectivity index (χ2v) is 7.00. The molecule has 1 aromatic heterocycles. The van der Waals surface area contributed by atoms with Crippen molar-refractivity contribution >= 4 is 50.5 Å². The number of hydrogen-bond acceptors (Lipinski definition) is 5. The third-order valence-corrected chi connectivity index (χ3v) is 4.79. The van der Waals surface area contributed by atoms with Gasteiger partial charge in [-0.3, -0.25) is 9.78 Å². The molecule has 0 atom stereocenters. The Balaban J connectivity index is 2.40. The van der Waals surface area contributed by atoms with Crippen LogP contribution in [0.25, 0.3) is 0 Å². The van der Waals surface area contributed by atoms with Crippen molar-refractivity contribution in [3.05, 3.63) is 46.7 Å². The van der Waals surface area contributed by atoms with Crippen LogP contribution in [0, 0.1) is 0 Å². The summed E-state index contributed by atoms with van der Waals surface area (Å²) in [6.45, 7) is 1.56. The van der Waals surface area contributed by atoms with Crippen molar-refractivity contribution in [1.29, 1.82) is 0 Å². The molecule has 0 aliphatic heterocycles. The molecular weight excluding hydrogens is 361 g/mol. The second-order valence-electron chi connectivity index (χ2n) is 4.50. The van der Waals surface area contributed by atoms with Gasteiger partial charge in [-0.15, -0.1) is 0 Å². The van der Waals surface area contributed by atoms with Crippen LogP contribution in [0.5, 0.6) is 0 Å². The number of sulfonamides is 1. The maximum absolute atomic E-state index is 12.3. The van der Waals surface area contributed by atoms with Gasteiger partial charge < -0.3 is 5.32 Å². The highest BCUT2D eigenvalue weighted by atomic mass is 35.5. The number of amides is 1. The van der Waals surface area contributed by atoms with Crippen LogP contribution in [0.1, 0.15) is 13.3 Å². The minimum Gasteiger partial charge on any atom is -0.353 e. The van der Waals surface area contributed by atoms with Crippen LogP contribution in [-0.4, -0.2) is 19.3 Å². The van der Waals surface area contributed by atoms with Gasteiger partial charge in [0.15, 0.2) is 0 Å². The molecule has 0 saturated carbocycles. The number of nitrogens with one attached hydrogen (secondary N) is 2. The van der Waals surface area contributed by atoms with Crippen LogP contribution in [0.2, 0.25) is 10.0 Å². The number of rotatable bonds is 5. The zero-order valence-electron chi connectivity index (χ0n) is 12.0. The minimum atomic E-state index is -4.04. The molecule has 0 bridgehead atoms. The molecule has 0 spiro atoms. The zero-order valence-corrected chi connectivity index (χ0v) is 14.3. The van der Waals surface area contributed by atoms with Crippen LogP contribution >= 0.6 is 23.2 Å². The normalized spacial score (nSPS) is 11.1. The quantitative estimate of drug-likeness (QED) is 0.838. The van der Waals surface area contributed by atoms with Gasteiger partial charge >= 0.3 is 0 Å². The van der Waals surface area contributed by atoms with E-state index in [0.29, 0.717) is 15.7 Å². The van der Waals surface area contributed by atoms with Crippen molar-refractivity contribution < 1.29 is 13.2 Å². The fourth-order valence-corrected chi connectivity index (χ4v) is 3.33. The lowest BCUT2D eigenvalue weighted by Crippen LogP contribution is -2.30. The molecule has 1 heterocycles. The number of aromatic nitrogens is 1. The lowest BCUT2D eigenvalue weighted by molar-refractivity contribution is -0.119. The van der Waals surface area contributed by atoms with E-state index >= 15 is 0 Å². The topological polar surface area (TPSA) is 88.2 Å². The number of anilines is 2. The summed E-state index contributed by atoms with van der Waals surface area (Å²) < 4.78 is 26.5. The predicted molar refractivity (Wildman–Crippen MR) is 89.6 cm³/mol. The predicted octanol–water partition coefficient (Wildman–Crippen LogP) is 3.35. The summed E-state index contributed by atoms with van der Waals surface area (Å²) in [6, 6.07) is 6.23. The molecule has 2 aromatic rings. The number of hydrogen-bond donors (Lipinski definition) is 2. The summed E-state index contributed by atoms with van der Waals surface area (Å²) >= 11 is 11.9. The van der Waals surface area contributed by atoms with Gasteiger partial charge in [0.05, 0.1) is 16.4 Å². The lowest BCUT2D eigenvalue weighted by Gasteiger charge is -2.13. The Labute approximate surface area is 143 Å². The molecule has 23 heavy (non-hydrogen) atoms. The molecule has 0 saturated heterocycles. The SMILES string of the molecule is CCC(=O)NS(=O)(=O)c1cnccc1Nc1ccc(Cl)cc1Cl. The van der Waals surface area contributed by atoms with Gasteiger partial charge in [0, 0.05) is 23.8 Å². The first kappa shape index (κ1) is 17.5. The first-order valence-corrected chi connectivity index (χ1v) is 8.79. The summed E-state index contributed by atoms with van der Waals surface area (Å²) in [4.78, 5) is 15.0. The van der Waals surface area contributed by atoms with Crippen LogP contribution < -0.4 is 10.0 Å². The van der Waals surface area contributed by atoms with E-state index in [0.717, 1.165) is 6.20 Å². The smallest absolute Gasteiger partial charge is 0.267 e. The van der Waals surface area contributed by atoms with Crippen LogP contribution in [0.3, 0.4) is 0 Å². The Morgan fingerprint density at radius 1 is 1.22 bits per heavy atom. The Bertz CT molecular complexity index is 841. The fourth-order valence-electron chi connectivity index (χ4n) is 1.71. The number of halogens is 2. The van der Waals surface area contributed by atoms with Gasteiger partial charge in [0.25, 0.3) is 10.0 Å². The number of benzene rings is 1. The molecule has 2 rings (SSSR count). The van der Waals surface area contributed by atoms with Crippen molar-refractivity contribution in [1.82, 2.24) is 9.71 Å². The number of pyridine rings is 1. The number of carbonyl (C=O) groups is 1. The average Bonchev–Trinajstić information content (AvgIpc) is 2.50. The molecule has 0 aliphatic carbocycles. The van der Waals surface area contributed by atoms with Gasteiger partial charge in [-0.2, -0.15) is 0 Å². The van der Waals surface area contributed by atoms with E-state index in [2.05, 4.69) is 10.3 Å². The first-order chi connectivity index (χ1) is 10.8. The van der Waals surface area contributed by atoms with Gasteiger partial charge in [-0.25, -0.2) is 13.1 Å². The summed E-state index contributed by atoms with van der Waals surface area (Å²) in [5.74, 6) is -0.607. The number of carbonyl (C=O) groups excluding carboxylic acids is 1. The summed E-state index contributed by atoms with van der Waals surface area (Å²) in [5, 5.41) is 3.69. The highest BCUT2D eigenvalue weighted by Crippen LogP contribution is 2.30. The largest absolute Gasteiger partial charge is 0.353 e. The molecule has 2 N–H and O–H groups in total. The van der Waals surface area contributed by atoms with Gasteiger partial charge in [-0.05, 0) is 24.3 Å². The van der Waals surface area contributed by atoms with Crippen LogP contribution in [0.15, 0.2) is 41.6 Å². The molecule has 0 radical (unpaired) electrons. The molecule has 9 heteroatoms. The molecule has 1 aromatic carbocycles. The third-order valence-electron chi connectivity index (χ3n) is 2.84. The maximum atomic E-state index is 12.3. The Kier molecular flexibility index (Phi) is 5.46. The van der Waals surface area contributed by atoms with Crippen molar-refractivity contribution in [2.24, 2.45) is 0 Å². The highest BCUT2D eigenvalue weighted by Gasteiger charge is 2.21. The number of nitrogens with zero attached hydrogens (tertiary/aromatic N) is 1. The monoisotopic (exact) mass is 373 g/mol. The third kappa shape index (κ3) is 4.34. The zero-order chi connectivity index (χ0) is 17.0. The molecule has 122 valence electrons. The van der Waals surface area contributed by atoms with Crippen molar-refractivity contribution in [2.75, 3.05) is 5.32 Å². The molecule has 1 amide bonds. The Morgan fingerprint density at radius 3 is 2.61 bits per heavy atom. The summed E-state index contributed by atoms with van der Waals surface area (Å²) in [7, 11) is -4.04. The van der Waals surface area contributed by atoms with Crippen molar-refractivity contribution in [3.8, 4) is 0 Å². The van der Waals surface area contributed by atoms with E-state index < -0.39 is 15.9 Å². The minimum absolute atomic E-state index is 0.0469. The van der Waals surface area contributed by atoms with E-state index in [4.69, 9.17) is 23.2 Å². The highest BCUT2D eigenvalue weighted by molar-refractivity contribution is 7.90. The Morgan fingerprint density at radius 2 is 1.96 bits per heavy atom. The maximum Gasteiger partial charge on any atom is 0.267 e. The summed E-state index contributed by atoms with van der Waals surface area (Å²) in [6.07, 6.45) is 2.62. The van der Waals surface area contributed by atoms with Crippen LogP contribution in [0.4, 0.5) is 11.4 Å².